The zero-order valence-electron chi connectivity index (χ0n) is 68.7. The van der Waals surface area contributed by atoms with Gasteiger partial charge in [0.15, 0.2) is 16.9 Å². The maximum Gasteiger partial charge on any atom is 0.333 e. The standard InChI is InChI=1S/C41H23N5.C36H18N6.C36H21N5/c1-2-12-25(13-3-1)37-30-17-10-22-42-40(30)44-41(43-37)45-33-19-9-7-16-28(33)35-34(45)23-31-27-15-6-8-18-32(27)46-38-26-14-5-4-11-24(26)20-21-29(38)36(35)39(31)46;1-37-34-25-13-8-18-38-35(25)40-36(39-34)41-28-15-7-5-12-23(28)30-29(41)19-26-22-11-4-6-14-27(22)42-32-21-10-3-2-9-20(21)16-17-24(32)31(30)33(26)42;1-20-22-13-8-18-37-35(22)39-36(38-20)40-29-15-7-5-12-25(29)31-30(40)19-27-24-11-4-6-14-28(24)41-33-23-10-3-2-9-21(23)16-17-26(33)32(31)34(27)41/h1-23H;2-19H;2-19H,1H3. The normalized spacial score (nSPS) is 12.4. The number of hydrogen-bond acceptors (Lipinski definition) is 9. The number of para-hydroxylation sites is 6. The predicted molar refractivity (Wildman–Crippen MR) is 528 cm³/mol. The molecule has 31 aromatic rings. The molecular formula is C113H62N16. The van der Waals surface area contributed by atoms with Crippen LogP contribution in [0.3, 0.4) is 0 Å². The SMILES string of the molecule is Cc1nc(-n2c3ccccc3c3c4c5ccc6ccccc6c5n5c6ccccc6c(cc32)c45)nc2ncccc12.[C-]#[N+]c1nc(-n2c3ccccc3c3c4c5ccc6ccccc6c5n5c6ccccc6c(cc32)c45)nc2ncccc12.c1ccc(-c2nc(-n3c4ccccc4c4c5c6ccc7ccccc7c6n6c7ccccc7c(cc43)c56)nc3ncccc23)cc1. The monoisotopic (exact) mass is 1640 g/mol. The Bertz CT molecular complexity index is 10400. The van der Waals surface area contributed by atoms with Crippen molar-refractivity contribution in [3.8, 4) is 29.1 Å². The summed E-state index contributed by atoms with van der Waals surface area (Å²) < 4.78 is 14.0. The third-order valence-corrected chi connectivity index (χ3v) is 27.3. The second kappa shape index (κ2) is 25.8. The largest absolute Gasteiger partial charge is 0.360 e. The van der Waals surface area contributed by atoms with E-state index < -0.39 is 0 Å². The molecule has 0 aliphatic carbocycles. The van der Waals surface area contributed by atoms with Gasteiger partial charge in [0.05, 0.1) is 94.1 Å². The van der Waals surface area contributed by atoms with Gasteiger partial charge in [0.1, 0.15) is 0 Å². The van der Waals surface area contributed by atoms with E-state index in [-0.39, 0.29) is 0 Å². The van der Waals surface area contributed by atoms with Gasteiger partial charge in [-0.05, 0) is 108 Å². The fraction of sp³-hybridized carbons (Fsp3) is 0.00885. The smallest absolute Gasteiger partial charge is 0.333 e. The molecule has 15 heterocycles. The van der Waals surface area contributed by atoms with E-state index in [1.54, 1.807) is 18.6 Å². The number of hydrogen-bond donors (Lipinski definition) is 0. The van der Waals surface area contributed by atoms with Crippen LogP contribution in [0.25, 0.3) is 279 Å². The number of nitrogens with zero attached hydrogens (tertiary/aromatic N) is 16. The molecule has 0 aliphatic heterocycles. The van der Waals surface area contributed by atoms with Crippen LogP contribution < -0.4 is 0 Å². The van der Waals surface area contributed by atoms with Crippen molar-refractivity contribution in [1.29, 1.82) is 0 Å². The van der Waals surface area contributed by atoms with Crippen LogP contribution >= 0.6 is 0 Å². The van der Waals surface area contributed by atoms with Crippen molar-refractivity contribution in [2.24, 2.45) is 0 Å². The Hall–Kier alpha value is -17.9. The second-order valence-electron chi connectivity index (χ2n) is 33.7. The summed E-state index contributed by atoms with van der Waals surface area (Å²) in [6.07, 6.45) is 5.31. The van der Waals surface area contributed by atoms with Crippen LogP contribution in [0.2, 0.25) is 0 Å². The topological polar surface area (TPSA) is 148 Å². The molecule has 0 saturated carbocycles. The predicted octanol–water partition coefficient (Wildman–Crippen LogP) is 27.8. The van der Waals surface area contributed by atoms with Crippen molar-refractivity contribution in [1.82, 2.24) is 71.8 Å². The molecule has 129 heavy (non-hydrogen) atoms. The maximum absolute atomic E-state index is 7.86. The van der Waals surface area contributed by atoms with E-state index in [4.69, 9.17) is 41.5 Å². The van der Waals surface area contributed by atoms with Crippen LogP contribution in [0.5, 0.6) is 0 Å². The average molecular weight is 1640 g/mol. The van der Waals surface area contributed by atoms with Crippen molar-refractivity contribution in [3.05, 3.63) is 375 Å². The van der Waals surface area contributed by atoms with Gasteiger partial charge in [0.2, 0.25) is 11.9 Å². The summed E-state index contributed by atoms with van der Waals surface area (Å²) in [5.74, 6) is 2.01. The first-order valence-corrected chi connectivity index (χ1v) is 43.3. The second-order valence-corrected chi connectivity index (χ2v) is 33.7. The van der Waals surface area contributed by atoms with Crippen LogP contribution in [0.15, 0.2) is 358 Å². The lowest BCUT2D eigenvalue weighted by atomic mass is 10.0. The molecule has 0 bridgehead atoms. The Morgan fingerprint density at radius 3 is 0.953 bits per heavy atom. The van der Waals surface area contributed by atoms with E-state index >= 15 is 0 Å². The first-order chi connectivity index (χ1) is 63.9. The van der Waals surface area contributed by atoms with Crippen LogP contribution in [-0.2, 0) is 0 Å². The van der Waals surface area contributed by atoms with E-state index in [9.17, 15) is 0 Å². The average Bonchev–Trinajstić information content (AvgIpc) is 1.52. The summed E-state index contributed by atoms with van der Waals surface area (Å²) in [6.45, 7) is 9.90. The summed E-state index contributed by atoms with van der Waals surface area (Å²) in [7, 11) is 0. The quantitative estimate of drug-likeness (QED) is 0.157. The lowest BCUT2D eigenvalue weighted by Crippen LogP contribution is -2.04. The van der Waals surface area contributed by atoms with Crippen LogP contribution in [-0.4, -0.2) is 71.8 Å². The minimum atomic E-state index is 0.299. The van der Waals surface area contributed by atoms with E-state index in [0.717, 1.165) is 71.6 Å². The molecule has 594 valence electrons. The maximum atomic E-state index is 7.86. The van der Waals surface area contributed by atoms with E-state index in [1.165, 1.54) is 168 Å². The van der Waals surface area contributed by atoms with Gasteiger partial charge in [-0.15, -0.1) is 0 Å². The van der Waals surface area contributed by atoms with Crippen molar-refractivity contribution in [2.75, 3.05) is 0 Å². The third-order valence-electron chi connectivity index (χ3n) is 27.3. The molecular weight excluding hydrogens is 1580 g/mol. The summed E-state index contributed by atoms with van der Waals surface area (Å²) >= 11 is 0. The van der Waals surface area contributed by atoms with Crippen molar-refractivity contribution < 1.29 is 0 Å². The Kier molecular flexibility index (Phi) is 13.9. The molecule has 0 N–H and O–H groups in total. The lowest BCUT2D eigenvalue weighted by Gasteiger charge is -2.11. The van der Waals surface area contributed by atoms with E-state index in [2.05, 4.69) is 339 Å². The van der Waals surface area contributed by atoms with Gasteiger partial charge in [-0.25, -0.2) is 24.9 Å². The third kappa shape index (κ3) is 9.33. The van der Waals surface area contributed by atoms with Gasteiger partial charge in [0, 0.05) is 153 Å². The minimum Gasteiger partial charge on any atom is -0.360 e. The highest BCUT2D eigenvalue weighted by Crippen LogP contribution is 2.53. The number of aromatic nitrogens is 15. The molecule has 0 fully saturated rings. The van der Waals surface area contributed by atoms with Gasteiger partial charge in [0.25, 0.3) is 5.82 Å². The van der Waals surface area contributed by atoms with Gasteiger partial charge < -0.3 is 18.0 Å². The Morgan fingerprint density at radius 2 is 0.543 bits per heavy atom. The number of pyridine rings is 3. The number of benzene rings is 16. The highest BCUT2D eigenvalue weighted by atomic mass is 15.2. The molecule has 0 amide bonds. The molecule has 0 radical (unpaired) electrons. The Labute approximate surface area is 729 Å². The van der Waals surface area contributed by atoms with E-state index in [1.807, 2.05) is 49.4 Å². The Morgan fingerprint density at radius 1 is 0.225 bits per heavy atom. The Balaban J connectivity index is 0.0000000957. The highest BCUT2D eigenvalue weighted by Gasteiger charge is 2.32. The van der Waals surface area contributed by atoms with Crippen LogP contribution in [0, 0.1) is 13.5 Å². The number of aryl methyl sites for hydroxylation is 1. The molecule has 0 unspecified atom stereocenters. The molecule has 0 saturated heterocycles. The summed E-state index contributed by atoms with van der Waals surface area (Å²) in [4.78, 5) is 47.7. The number of fused-ring (bicyclic) bond motifs is 39. The summed E-state index contributed by atoms with van der Waals surface area (Å²) in [5, 5.41) is 32.0. The van der Waals surface area contributed by atoms with Gasteiger partial charge in [-0.3, -0.25) is 13.7 Å². The molecule has 16 heteroatoms. The van der Waals surface area contributed by atoms with Crippen LogP contribution in [0.4, 0.5) is 5.82 Å². The first kappa shape index (κ1) is 69.6. The number of rotatable bonds is 4. The molecule has 31 rings (SSSR count). The van der Waals surface area contributed by atoms with Crippen molar-refractivity contribution in [2.45, 2.75) is 6.92 Å². The van der Waals surface area contributed by atoms with Crippen LogP contribution in [0.1, 0.15) is 5.69 Å². The fourth-order valence-corrected chi connectivity index (χ4v) is 22.1. The molecule has 0 aliphatic rings. The zero-order chi connectivity index (χ0) is 84.3. The fourth-order valence-electron chi connectivity index (χ4n) is 22.1. The molecule has 0 spiro atoms. The van der Waals surface area contributed by atoms with Gasteiger partial charge >= 0.3 is 5.95 Å². The summed E-state index contributed by atoms with van der Waals surface area (Å²) in [6, 6.07) is 121. The zero-order valence-corrected chi connectivity index (χ0v) is 68.7. The molecule has 16 nitrogen and oxygen atoms in total. The van der Waals surface area contributed by atoms with Gasteiger partial charge in [-0.2, -0.15) is 15.0 Å². The molecule has 16 aromatic carbocycles. The van der Waals surface area contributed by atoms with Crippen molar-refractivity contribution >= 4 is 251 Å². The van der Waals surface area contributed by atoms with Gasteiger partial charge in [-0.1, -0.05) is 266 Å². The highest BCUT2D eigenvalue weighted by molar-refractivity contribution is 6.41. The van der Waals surface area contributed by atoms with Crippen molar-refractivity contribution in [3.63, 3.8) is 0 Å². The molecule has 0 atom stereocenters. The summed E-state index contributed by atoms with van der Waals surface area (Å²) in [5.41, 5.74) is 22.2. The minimum absolute atomic E-state index is 0.299. The first-order valence-electron chi connectivity index (χ1n) is 43.3. The molecule has 15 aromatic heterocycles. The van der Waals surface area contributed by atoms with E-state index in [0.29, 0.717) is 46.0 Å². The lowest BCUT2D eigenvalue weighted by molar-refractivity contribution is 0.981.